The fraction of sp³-hybridized carbons (Fsp3) is 0.154. The van der Waals surface area contributed by atoms with Crippen LogP contribution in [0.3, 0.4) is 0 Å². The Balaban J connectivity index is 2.33. The highest BCUT2D eigenvalue weighted by Crippen LogP contribution is 2.22. The number of carbonyl (C=O) groups is 1. The molecule has 0 spiro atoms. The van der Waals surface area contributed by atoms with Crippen molar-refractivity contribution >= 4 is 5.97 Å². The Kier molecular flexibility index (Phi) is 2.97. The van der Waals surface area contributed by atoms with Crippen molar-refractivity contribution < 1.29 is 14.3 Å². The van der Waals surface area contributed by atoms with Crippen LogP contribution < -0.4 is 5.73 Å². The molecule has 3 N–H and O–H groups in total. The normalized spacial score (nSPS) is 12.4. The smallest absolute Gasteiger partial charge is 0.335 e. The van der Waals surface area contributed by atoms with Crippen LogP contribution in [-0.4, -0.2) is 11.1 Å². The zero-order valence-corrected chi connectivity index (χ0v) is 9.38. The van der Waals surface area contributed by atoms with Crippen molar-refractivity contribution in [3.05, 3.63) is 59.0 Å². The molecule has 0 amide bonds. The lowest BCUT2D eigenvalue weighted by Gasteiger charge is -2.09. The first-order valence-corrected chi connectivity index (χ1v) is 5.23. The summed E-state index contributed by atoms with van der Waals surface area (Å²) in [6.45, 7) is 1.84. The zero-order chi connectivity index (χ0) is 12.4. The van der Waals surface area contributed by atoms with Crippen LogP contribution in [-0.2, 0) is 0 Å². The van der Waals surface area contributed by atoms with E-state index < -0.39 is 12.0 Å². The van der Waals surface area contributed by atoms with Crippen molar-refractivity contribution in [1.82, 2.24) is 0 Å². The lowest BCUT2D eigenvalue weighted by Crippen LogP contribution is -2.11. The molecule has 1 atom stereocenters. The molecule has 88 valence electrons. The summed E-state index contributed by atoms with van der Waals surface area (Å²) in [7, 11) is 0. The van der Waals surface area contributed by atoms with Crippen LogP contribution in [0.4, 0.5) is 0 Å². The van der Waals surface area contributed by atoms with Gasteiger partial charge >= 0.3 is 5.97 Å². The molecule has 0 aliphatic heterocycles. The summed E-state index contributed by atoms with van der Waals surface area (Å²) >= 11 is 0. The van der Waals surface area contributed by atoms with E-state index >= 15 is 0 Å². The average Bonchev–Trinajstić information content (AvgIpc) is 2.75. The Labute approximate surface area is 98.7 Å². The minimum Gasteiger partial charge on any atom is -0.478 e. The highest BCUT2D eigenvalue weighted by Gasteiger charge is 2.14. The van der Waals surface area contributed by atoms with Gasteiger partial charge in [-0.2, -0.15) is 0 Å². The van der Waals surface area contributed by atoms with E-state index in [9.17, 15) is 4.79 Å². The number of rotatable bonds is 3. The van der Waals surface area contributed by atoms with Crippen LogP contribution in [0.15, 0.2) is 40.8 Å². The van der Waals surface area contributed by atoms with Crippen molar-refractivity contribution in [3.8, 4) is 0 Å². The minimum absolute atomic E-state index is 0.223. The summed E-state index contributed by atoms with van der Waals surface area (Å²) in [4.78, 5) is 10.9. The van der Waals surface area contributed by atoms with Crippen LogP contribution in [0.2, 0.25) is 0 Å². The number of hydrogen-bond donors (Lipinski definition) is 2. The van der Waals surface area contributed by atoms with Gasteiger partial charge in [0.2, 0.25) is 0 Å². The van der Waals surface area contributed by atoms with Gasteiger partial charge < -0.3 is 15.3 Å². The second-order valence-corrected chi connectivity index (χ2v) is 3.86. The van der Waals surface area contributed by atoms with Crippen molar-refractivity contribution in [3.63, 3.8) is 0 Å². The van der Waals surface area contributed by atoms with Gasteiger partial charge in [-0.3, -0.25) is 0 Å². The van der Waals surface area contributed by atoms with E-state index in [4.69, 9.17) is 15.3 Å². The third-order valence-corrected chi connectivity index (χ3v) is 2.56. The molecule has 1 aromatic carbocycles. The molecule has 0 fully saturated rings. The van der Waals surface area contributed by atoms with E-state index in [1.54, 1.807) is 24.3 Å². The van der Waals surface area contributed by atoms with Gasteiger partial charge in [-0.1, -0.05) is 12.1 Å². The number of aryl methyl sites for hydroxylation is 1. The second-order valence-electron chi connectivity index (χ2n) is 3.86. The molecule has 1 unspecified atom stereocenters. The number of carboxylic acid groups (broad SMARTS) is 1. The van der Waals surface area contributed by atoms with Gasteiger partial charge in [0.1, 0.15) is 11.5 Å². The summed E-state index contributed by atoms with van der Waals surface area (Å²) in [5, 5.41) is 8.90. The molecule has 0 saturated heterocycles. The number of aromatic carboxylic acids is 1. The number of nitrogens with two attached hydrogens (primary N) is 1. The molecule has 0 saturated carbocycles. The van der Waals surface area contributed by atoms with Gasteiger partial charge in [-0.25, -0.2) is 4.79 Å². The van der Waals surface area contributed by atoms with E-state index in [1.165, 1.54) is 6.07 Å². The largest absolute Gasteiger partial charge is 0.478 e. The molecule has 2 rings (SSSR count). The van der Waals surface area contributed by atoms with Crippen molar-refractivity contribution in [1.29, 1.82) is 0 Å². The number of carboxylic acids is 1. The summed E-state index contributed by atoms with van der Waals surface area (Å²) in [6, 6.07) is 9.74. The Morgan fingerprint density at radius 1 is 1.35 bits per heavy atom. The highest BCUT2D eigenvalue weighted by molar-refractivity contribution is 5.87. The van der Waals surface area contributed by atoms with E-state index in [0.717, 1.165) is 11.3 Å². The van der Waals surface area contributed by atoms with Crippen molar-refractivity contribution in [2.45, 2.75) is 13.0 Å². The quantitative estimate of drug-likeness (QED) is 0.850. The average molecular weight is 231 g/mol. The van der Waals surface area contributed by atoms with E-state index in [2.05, 4.69) is 0 Å². The summed E-state index contributed by atoms with van der Waals surface area (Å²) in [6.07, 6.45) is 0. The van der Waals surface area contributed by atoms with Gasteiger partial charge in [0, 0.05) is 0 Å². The third-order valence-electron chi connectivity index (χ3n) is 2.56. The number of benzene rings is 1. The van der Waals surface area contributed by atoms with Crippen molar-refractivity contribution in [2.24, 2.45) is 5.73 Å². The fourth-order valence-corrected chi connectivity index (χ4v) is 1.65. The van der Waals surface area contributed by atoms with Gasteiger partial charge in [0.05, 0.1) is 11.6 Å². The van der Waals surface area contributed by atoms with Gasteiger partial charge in [0.15, 0.2) is 0 Å². The maximum absolute atomic E-state index is 10.9. The first-order chi connectivity index (χ1) is 8.08. The molecule has 17 heavy (non-hydrogen) atoms. The Bertz CT molecular complexity index is 545. The molecule has 0 aliphatic carbocycles. The van der Waals surface area contributed by atoms with E-state index in [0.29, 0.717) is 5.76 Å². The predicted molar refractivity (Wildman–Crippen MR) is 62.9 cm³/mol. The predicted octanol–water partition coefficient (Wildman–Crippen LogP) is 2.33. The SMILES string of the molecule is Cc1ccc(C(N)c2cccc(C(=O)O)c2)o1. The van der Waals surface area contributed by atoms with Gasteiger partial charge in [-0.15, -0.1) is 0 Å². The molecule has 1 aromatic heterocycles. The highest BCUT2D eigenvalue weighted by atomic mass is 16.4. The van der Waals surface area contributed by atoms with Gasteiger partial charge in [0.25, 0.3) is 0 Å². The standard InChI is InChI=1S/C13H13NO3/c1-8-5-6-11(17-8)12(14)9-3-2-4-10(7-9)13(15)16/h2-7,12H,14H2,1H3,(H,15,16). The van der Waals surface area contributed by atoms with Crippen molar-refractivity contribution in [2.75, 3.05) is 0 Å². The first kappa shape index (κ1) is 11.4. The number of furan rings is 1. The maximum Gasteiger partial charge on any atom is 0.335 e. The third kappa shape index (κ3) is 2.37. The fourth-order valence-electron chi connectivity index (χ4n) is 1.65. The Morgan fingerprint density at radius 3 is 2.71 bits per heavy atom. The molecule has 0 bridgehead atoms. The van der Waals surface area contributed by atoms with E-state index in [1.807, 2.05) is 13.0 Å². The first-order valence-electron chi connectivity index (χ1n) is 5.23. The summed E-state index contributed by atoms with van der Waals surface area (Å²) < 4.78 is 5.43. The molecular formula is C13H13NO3. The topological polar surface area (TPSA) is 76.5 Å². The molecule has 4 nitrogen and oxygen atoms in total. The summed E-state index contributed by atoms with van der Waals surface area (Å²) in [5.74, 6) is 0.449. The van der Waals surface area contributed by atoms with Crippen LogP contribution in [0.5, 0.6) is 0 Å². The van der Waals surface area contributed by atoms with Crippen LogP contribution in [0.1, 0.15) is 33.5 Å². The molecule has 0 radical (unpaired) electrons. The van der Waals surface area contributed by atoms with Crippen LogP contribution in [0.25, 0.3) is 0 Å². The monoisotopic (exact) mass is 231 g/mol. The van der Waals surface area contributed by atoms with E-state index in [-0.39, 0.29) is 5.56 Å². The summed E-state index contributed by atoms with van der Waals surface area (Å²) in [5.41, 5.74) is 6.96. The van der Waals surface area contributed by atoms with Gasteiger partial charge in [-0.05, 0) is 36.8 Å². The van der Waals surface area contributed by atoms with Crippen LogP contribution in [0, 0.1) is 6.92 Å². The molecule has 1 heterocycles. The minimum atomic E-state index is -0.963. The number of hydrogen-bond acceptors (Lipinski definition) is 3. The lowest BCUT2D eigenvalue weighted by atomic mass is 10.0. The molecule has 2 aromatic rings. The lowest BCUT2D eigenvalue weighted by molar-refractivity contribution is 0.0696. The Morgan fingerprint density at radius 2 is 2.12 bits per heavy atom. The van der Waals surface area contributed by atoms with Crippen LogP contribution >= 0.6 is 0 Å². The second kappa shape index (κ2) is 4.43. The molecule has 0 aliphatic rings. The molecular weight excluding hydrogens is 218 g/mol. The Hall–Kier alpha value is -2.07. The zero-order valence-electron chi connectivity index (χ0n) is 9.38. The molecule has 4 heteroatoms. The maximum atomic E-state index is 10.9.